The predicted octanol–water partition coefficient (Wildman–Crippen LogP) is 3.52. The van der Waals surface area contributed by atoms with Crippen LogP contribution in [0, 0.1) is 5.41 Å². The van der Waals surface area contributed by atoms with Gasteiger partial charge in [0.05, 0.1) is 12.2 Å². The van der Waals surface area contributed by atoms with Crippen LogP contribution < -0.4 is 5.73 Å². The number of carbonyl (C=O) groups excluding carboxylic acids is 1. The van der Waals surface area contributed by atoms with Gasteiger partial charge in [0.25, 0.3) is 0 Å². The second-order valence-corrected chi connectivity index (χ2v) is 5.61. The number of anilines is 1. The zero-order chi connectivity index (χ0) is 13.1. The van der Waals surface area contributed by atoms with Gasteiger partial charge in [-0.3, -0.25) is 0 Å². The van der Waals surface area contributed by atoms with Crippen LogP contribution in [0.1, 0.15) is 37.6 Å². The summed E-state index contributed by atoms with van der Waals surface area (Å²) in [5.41, 5.74) is 6.55. The Hall–Kier alpha value is -1.22. The Morgan fingerprint density at radius 2 is 2.06 bits per heavy atom. The van der Waals surface area contributed by atoms with E-state index in [0.717, 1.165) is 6.42 Å². The summed E-state index contributed by atoms with van der Waals surface area (Å²) in [6.07, 6.45) is 0.812. The number of nitrogen functional groups attached to an aromatic ring is 1. The Kier molecular flexibility index (Phi) is 4.40. The average molecular weight is 256 g/mol. The molecule has 0 aromatic heterocycles. The fraction of sp³-hybridized carbons (Fsp3) is 0.462. The summed E-state index contributed by atoms with van der Waals surface area (Å²) in [7, 11) is 0. The number of hydrogen-bond donors (Lipinski definition) is 1. The molecule has 3 nitrogen and oxygen atoms in total. The monoisotopic (exact) mass is 255 g/mol. The molecule has 4 heteroatoms. The molecule has 94 valence electrons. The quantitative estimate of drug-likeness (QED) is 0.664. The number of carbonyl (C=O) groups is 1. The van der Waals surface area contributed by atoms with Crippen LogP contribution in [0.4, 0.5) is 5.69 Å². The van der Waals surface area contributed by atoms with Crippen LogP contribution in [0.3, 0.4) is 0 Å². The van der Waals surface area contributed by atoms with E-state index < -0.39 is 5.97 Å². The lowest BCUT2D eigenvalue weighted by Gasteiger charge is -2.17. The second kappa shape index (κ2) is 5.41. The van der Waals surface area contributed by atoms with Crippen molar-refractivity contribution in [3.05, 3.63) is 28.8 Å². The molecule has 0 saturated heterocycles. The van der Waals surface area contributed by atoms with E-state index in [1.165, 1.54) is 0 Å². The summed E-state index contributed by atoms with van der Waals surface area (Å²) in [4.78, 5) is 11.7. The van der Waals surface area contributed by atoms with Crippen molar-refractivity contribution < 1.29 is 9.53 Å². The van der Waals surface area contributed by atoms with E-state index >= 15 is 0 Å². The fourth-order valence-corrected chi connectivity index (χ4v) is 1.43. The molecule has 0 aliphatic carbocycles. The molecule has 0 aliphatic heterocycles. The molecule has 1 rings (SSSR count). The molecule has 0 fully saturated rings. The zero-order valence-electron chi connectivity index (χ0n) is 10.4. The molecule has 2 N–H and O–H groups in total. The van der Waals surface area contributed by atoms with E-state index in [-0.39, 0.29) is 5.41 Å². The minimum Gasteiger partial charge on any atom is -0.462 e. The van der Waals surface area contributed by atoms with Gasteiger partial charge >= 0.3 is 5.97 Å². The lowest BCUT2D eigenvalue weighted by Crippen LogP contribution is -2.14. The molecular formula is C13H18ClNO2. The van der Waals surface area contributed by atoms with Crippen molar-refractivity contribution in [2.24, 2.45) is 5.41 Å². The molecule has 0 saturated carbocycles. The normalized spacial score (nSPS) is 11.3. The van der Waals surface area contributed by atoms with E-state index in [0.29, 0.717) is 22.9 Å². The van der Waals surface area contributed by atoms with Crippen molar-refractivity contribution in [3.8, 4) is 0 Å². The van der Waals surface area contributed by atoms with E-state index in [4.69, 9.17) is 22.1 Å². The van der Waals surface area contributed by atoms with Crippen LogP contribution in [0.25, 0.3) is 0 Å². The Bertz CT molecular complexity index is 410. The smallest absolute Gasteiger partial charge is 0.340 e. The van der Waals surface area contributed by atoms with Crippen LogP contribution in [-0.4, -0.2) is 12.6 Å². The maximum atomic E-state index is 11.7. The van der Waals surface area contributed by atoms with E-state index in [9.17, 15) is 4.79 Å². The first kappa shape index (κ1) is 13.8. The van der Waals surface area contributed by atoms with Gasteiger partial charge in [-0.2, -0.15) is 0 Å². The van der Waals surface area contributed by atoms with Crippen molar-refractivity contribution in [2.45, 2.75) is 27.2 Å². The van der Waals surface area contributed by atoms with Gasteiger partial charge < -0.3 is 10.5 Å². The minimum atomic E-state index is -0.400. The number of ether oxygens (including phenoxy) is 1. The number of halogens is 1. The van der Waals surface area contributed by atoms with Crippen LogP contribution in [0.15, 0.2) is 18.2 Å². The number of nitrogens with two attached hydrogens (primary N) is 1. The van der Waals surface area contributed by atoms with Crippen LogP contribution in [0.5, 0.6) is 0 Å². The third-order valence-corrected chi connectivity index (χ3v) is 2.55. The maximum Gasteiger partial charge on any atom is 0.340 e. The van der Waals surface area contributed by atoms with Crippen molar-refractivity contribution in [2.75, 3.05) is 12.3 Å². The van der Waals surface area contributed by atoms with E-state index in [2.05, 4.69) is 20.8 Å². The lowest BCUT2D eigenvalue weighted by molar-refractivity contribution is 0.0466. The summed E-state index contributed by atoms with van der Waals surface area (Å²) >= 11 is 5.75. The van der Waals surface area contributed by atoms with Gasteiger partial charge in [-0.15, -0.1) is 0 Å². The van der Waals surface area contributed by atoms with Crippen molar-refractivity contribution in [1.82, 2.24) is 0 Å². The fourth-order valence-electron chi connectivity index (χ4n) is 1.25. The van der Waals surface area contributed by atoms with E-state index in [1.807, 2.05) is 0 Å². The summed E-state index contributed by atoms with van der Waals surface area (Å²) in [5.74, 6) is -0.400. The number of hydrogen-bond acceptors (Lipinski definition) is 3. The van der Waals surface area contributed by atoms with Gasteiger partial charge in [0.2, 0.25) is 0 Å². The van der Waals surface area contributed by atoms with Crippen molar-refractivity contribution in [3.63, 3.8) is 0 Å². The highest BCUT2D eigenvalue weighted by molar-refractivity contribution is 6.31. The first-order chi connectivity index (χ1) is 7.79. The Labute approximate surface area is 107 Å². The molecule has 17 heavy (non-hydrogen) atoms. The number of rotatable bonds is 3. The maximum absolute atomic E-state index is 11.7. The van der Waals surface area contributed by atoms with Gasteiger partial charge in [0.1, 0.15) is 0 Å². The van der Waals surface area contributed by atoms with Gasteiger partial charge in [0, 0.05) is 10.7 Å². The first-order valence-electron chi connectivity index (χ1n) is 5.52. The van der Waals surface area contributed by atoms with Gasteiger partial charge in [0.15, 0.2) is 0 Å². The summed E-state index contributed by atoms with van der Waals surface area (Å²) < 4.78 is 5.16. The first-order valence-corrected chi connectivity index (χ1v) is 5.89. The van der Waals surface area contributed by atoms with Crippen LogP contribution in [0.2, 0.25) is 5.02 Å². The molecule has 0 aliphatic rings. The van der Waals surface area contributed by atoms with Crippen molar-refractivity contribution >= 4 is 23.3 Å². The molecule has 0 bridgehead atoms. The molecule has 0 amide bonds. The topological polar surface area (TPSA) is 52.3 Å². The van der Waals surface area contributed by atoms with Crippen molar-refractivity contribution in [1.29, 1.82) is 0 Å². The largest absolute Gasteiger partial charge is 0.462 e. The molecular weight excluding hydrogens is 238 g/mol. The van der Waals surface area contributed by atoms with Gasteiger partial charge in [-0.25, -0.2) is 4.79 Å². The molecule has 0 spiro atoms. The molecule has 0 heterocycles. The Morgan fingerprint density at radius 1 is 1.41 bits per heavy atom. The Morgan fingerprint density at radius 3 is 2.59 bits per heavy atom. The standard InChI is InChI=1S/C13H18ClNO2/c1-13(2,3)6-7-17-12(16)10-5-4-9(14)8-11(10)15/h4-5,8H,6-7,15H2,1-3H3. The molecule has 0 atom stereocenters. The lowest BCUT2D eigenvalue weighted by atomic mass is 9.93. The van der Waals surface area contributed by atoms with Gasteiger partial charge in [-0.1, -0.05) is 32.4 Å². The highest BCUT2D eigenvalue weighted by Gasteiger charge is 2.14. The summed E-state index contributed by atoms with van der Waals surface area (Å²) in [6.45, 7) is 6.68. The van der Waals surface area contributed by atoms with Crippen LogP contribution >= 0.6 is 11.6 Å². The predicted molar refractivity (Wildman–Crippen MR) is 70.2 cm³/mol. The zero-order valence-corrected chi connectivity index (χ0v) is 11.2. The summed E-state index contributed by atoms with van der Waals surface area (Å²) in [6, 6.07) is 4.75. The number of benzene rings is 1. The second-order valence-electron chi connectivity index (χ2n) is 5.18. The van der Waals surface area contributed by atoms with Gasteiger partial charge in [-0.05, 0) is 30.0 Å². The molecule has 1 aromatic rings. The van der Waals surface area contributed by atoms with E-state index in [1.54, 1.807) is 18.2 Å². The SMILES string of the molecule is CC(C)(C)CCOC(=O)c1ccc(Cl)cc1N. The molecule has 0 unspecified atom stereocenters. The highest BCUT2D eigenvalue weighted by atomic mass is 35.5. The Balaban J connectivity index is 2.59. The minimum absolute atomic E-state index is 0.145. The molecule has 1 aromatic carbocycles. The summed E-state index contributed by atoms with van der Waals surface area (Å²) in [5, 5.41) is 0.508. The highest BCUT2D eigenvalue weighted by Crippen LogP contribution is 2.21. The third kappa shape index (κ3) is 4.65. The number of esters is 1. The molecule has 0 radical (unpaired) electrons. The third-order valence-electron chi connectivity index (χ3n) is 2.32. The average Bonchev–Trinajstić information content (AvgIpc) is 2.15. The van der Waals surface area contributed by atoms with Crippen LogP contribution in [-0.2, 0) is 4.74 Å².